The lowest BCUT2D eigenvalue weighted by molar-refractivity contribution is -0.158. The number of carbonyl (C=O) groups excluding carboxylic acids is 4. The van der Waals surface area contributed by atoms with Gasteiger partial charge in [-0.3, -0.25) is 19.2 Å². The SMILES string of the molecule is C[C@H]1CNC(=O)CC/C=C\[C@@H]2O[C@@]34C=CCN(c5ccc(Cl)cc5)C(=O)[C@@H]3N(CCO)C(=O)[C@H]4[C@@H]2C(=O)O1. The zero-order valence-corrected chi connectivity index (χ0v) is 21.7. The van der Waals surface area contributed by atoms with Gasteiger partial charge in [-0.25, -0.2) is 0 Å². The van der Waals surface area contributed by atoms with Gasteiger partial charge in [0.25, 0.3) is 5.91 Å². The van der Waals surface area contributed by atoms with Gasteiger partial charge in [-0.1, -0.05) is 35.9 Å². The van der Waals surface area contributed by atoms with Crippen LogP contribution >= 0.6 is 11.6 Å². The van der Waals surface area contributed by atoms with E-state index in [1.807, 2.05) is 0 Å². The lowest BCUT2D eigenvalue weighted by Gasteiger charge is -2.35. The van der Waals surface area contributed by atoms with Crippen molar-refractivity contribution in [1.29, 1.82) is 0 Å². The number of amides is 3. The second kappa shape index (κ2) is 10.5. The fourth-order valence-corrected chi connectivity index (χ4v) is 5.99. The van der Waals surface area contributed by atoms with Crippen LogP contribution in [0, 0.1) is 11.8 Å². The van der Waals surface area contributed by atoms with Crippen LogP contribution in [0.15, 0.2) is 48.6 Å². The number of esters is 1. The lowest BCUT2D eigenvalue weighted by Crippen LogP contribution is -2.55. The van der Waals surface area contributed by atoms with Crippen molar-refractivity contribution < 1.29 is 33.8 Å². The Hall–Kier alpha value is -3.21. The fraction of sp³-hybridized carbons (Fsp3) is 0.481. The number of β-amino-alcohol motifs (C(OH)–C–C–N with tert-alkyl or cyclic N) is 1. The number of hydrogen-bond acceptors (Lipinski definition) is 7. The van der Waals surface area contributed by atoms with Crippen molar-refractivity contribution in [3.63, 3.8) is 0 Å². The van der Waals surface area contributed by atoms with Crippen LogP contribution < -0.4 is 10.2 Å². The van der Waals surface area contributed by atoms with Crippen LogP contribution in [0.4, 0.5) is 5.69 Å². The third-order valence-corrected chi connectivity index (χ3v) is 7.76. The standard InChI is InChI=1S/C27H30ClN3O7/c1-16-15-29-20(33)6-3-2-5-19-21(26(36)37-16)22-24(34)31(13-14-32)23-25(35)30(12-4-11-27(22,23)38-19)18-9-7-17(28)8-10-18/h2,4-5,7-11,16,19,21-23,32H,3,6,12-15H2,1H3,(H,29,33)/b5-2-/t16-,19-,21+,22+,23-,27+/m0/s1. The average molecular weight is 544 g/mol. The molecule has 11 heteroatoms. The topological polar surface area (TPSA) is 125 Å². The first kappa shape index (κ1) is 26.4. The number of aliphatic hydroxyl groups is 1. The van der Waals surface area contributed by atoms with Crippen molar-refractivity contribution in [3.8, 4) is 0 Å². The maximum atomic E-state index is 14.1. The van der Waals surface area contributed by atoms with Crippen LogP contribution in [0.1, 0.15) is 19.8 Å². The molecule has 1 aromatic carbocycles. The molecule has 3 amide bonds. The van der Waals surface area contributed by atoms with Gasteiger partial charge in [0.1, 0.15) is 23.7 Å². The first-order valence-corrected chi connectivity index (χ1v) is 13.1. The quantitative estimate of drug-likeness (QED) is 0.433. The van der Waals surface area contributed by atoms with Gasteiger partial charge in [0, 0.05) is 30.2 Å². The van der Waals surface area contributed by atoms with Gasteiger partial charge < -0.3 is 29.7 Å². The molecule has 1 spiro atoms. The number of halogens is 1. The molecule has 0 aliphatic carbocycles. The molecule has 38 heavy (non-hydrogen) atoms. The number of hydrogen-bond donors (Lipinski definition) is 2. The summed E-state index contributed by atoms with van der Waals surface area (Å²) in [5, 5.41) is 13.0. The Morgan fingerprint density at radius 1 is 1.13 bits per heavy atom. The normalized spacial score (nSPS) is 34.3. The molecule has 6 atom stereocenters. The minimum absolute atomic E-state index is 0.0934. The molecule has 1 aromatic rings. The predicted octanol–water partition coefficient (Wildman–Crippen LogP) is 1.21. The van der Waals surface area contributed by atoms with Gasteiger partial charge in [0.15, 0.2) is 0 Å². The average Bonchev–Trinajstić information content (AvgIpc) is 3.26. The molecule has 4 aliphatic rings. The minimum atomic E-state index is -1.44. The molecule has 0 aromatic heterocycles. The van der Waals surface area contributed by atoms with Crippen LogP contribution in [0.3, 0.4) is 0 Å². The van der Waals surface area contributed by atoms with Crippen LogP contribution in [-0.4, -0.2) is 83.8 Å². The predicted molar refractivity (Wildman–Crippen MR) is 137 cm³/mol. The van der Waals surface area contributed by atoms with Crippen molar-refractivity contribution in [1.82, 2.24) is 10.2 Å². The molecule has 4 heterocycles. The van der Waals surface area contributed by atoms with Crippen molar-refractivity contribution in [3.05, 3.63) is 53.6 Å². The number of likely N-dealkylation sites (tertiary alicyclic amines) is 1. The molecule has 0 bridgehead atoms. The Morgan fingerprint density at radius 3 is 2.63 bits per heavy atom. The summed E-state index contributed by atoms with van der Waals surface area (Å²) in [4.78, 5) is 56.4. The molecular weight excluding hydrogens is 514 g/mol. The van der Waals surface area contributed by atoms with E-state index >= 15 is 0 Å². The lowest BCUT2D eigenvalue weighted by atomic mass is 9.78. The molecule has 10 nitrogen and oxygen atoms in total. The van der Waals surface area contributed by atoms with Crippen molar-refractivity contribution in [2.75, 3.05) is 31.1 Å². The number of nitrogens with zero attached hydrogens (tertiary/aromatic N) is 2. The molecule has 4 aliphatic heterocycles. The van der Waals surface area contributed by atoms with E-state index in [-0.39, 0.29) is 44.5 Å². The van der Waals surface area contributed by atoms with Crippen molar-refractivity contribution in [2.45, 2.75) is 43.6 Å². The van der Waals surface area contributed by atoms with E-state index in [0.29, 0.717) is 17.1 Å². The van der Waals surface area contributed by atoms with Crippen LogP contribution in [0.5, 0.6) is 0 Å². The summed E-state index contributed by atoms with van der Waals surface area (Å²) in [6.07, 6.45) is 6.12. The monoisotopic (exact) mass is 543 g/mol. The molecule has 2 N–H and O–H groups in total. The highest BCUT2D eigenvalue weighted by atomic mass is 35.5. The Balaban J connectivity index is 1.57. The van der Waals surface area contributed by atoms with Gasteiger partial charge in [-0.05, 0) is 37.6 Å². The van der Waals surface area contributed by atoms with Gasteiger partial charge >= 0.3 is 5.97 Å². The summed E-state index contributed by atoms with van der Waals surface area (Å²) in [5.74, 6) is -3.68. The highest BCUT2D eigenvalue weighted by Crippen LogP contribution is 2.53. The number of allylic oxidation sites excluding steroid dienone is 1. The number of anilines is 1. The van der Waals surface area contributed by atoms with Gasteiger partial charge in [0.05, 0.1) is 25.2 Å². The van der Waals surface area contributed by atoms with E-state index in [9.17, 15) is 24.3 Å². The van der Waals surface area contributed by atoms with E-state index in [1.165, 1.54) is 9.80 Å². The number of rotatable bonds is 3. The van der Waals surface area contributed by atoms with Gasteiger partial charge in [0.2, 0.25) is 11.8 Å². The van der Waals surface area contributed by atoms with E-state index in [4.69, 9.17) is 21.1 Å². The third-order valence-electron chi connectivity index (χ3n) is 7.51. The minimum Gasteiger partial charge on any atom is -0.460 e. The summed E-state index contributed by atoms with van der Waals surface area (Å²) in [5.41, 5.74) is -0.850. The fourth-order valence-electron chi connectivity index (χ4n) is 5.86. The molecule has 2 fully saturated rings. The Kier molecular flexibility index (Phi) is 7.30. The maximum Gasteiger partial charge on any atom is 0.313 e. The second-order valence-corrected chi connectivity index (χ2v) is 10.4. The van der Waals surface area contributed by atoms with E-state index in [0.717, 1.165) is 0 Å². The van der Waals surface area contributed by atoms with Crippen molar-refractivity contribution in [2.24, 2.45) is 11.8 Å². The third kappa shape index (κ3) is 4.50. The highest BCUT2D eigenvalue weighted by Gasteiger charge is 2.71. The zero-order valence-electron chi connectivity index (χ0n) is 20.9. The summed E-state index contributed by atoms with van der Waals surface area (Å²) in [7, 11) is 0. The van der Waals surface area contributed by atoms with Crippen LogP contribution in [-0.2, 0) is 28.7 Å². The van der Waals surface area contributed by atoms with Gasteiger partial charge in [-0.2, -0.15) is 0 Å². The molecule has 0 radical (unpaired) electrons. The number of fused-ring (bicyclic) bond motifs is 2. The van der Waals surface area contributed by atoms with Gasteiger partial charge in [-0.15, -0.1) is 0 Å². The summed E-state index contributed by atoms with van der Waals surface area (Å²) >= 11 is 6.05. The summed E-state index contributed by atoms with van der Waals surface area (Å²) < 4.78 is 12.2. The van der Waals surface area contributed by atoms with E-state index in [1.54, 1.807) is 55.5 Å². The Morgan fingerprint density at radius 2 is 1.89 bits per heavy atom. The Bertz CT molecular complexity index is 1190. The first-order chi connectivity index (χ1) is 18.3. The maximum absolute atomic E-state index is 14.1. The highest BCUT2D eigenvalue weighted by molar-refractivity contribution is 6.30. The number of carbonyl (C=O) groups is 4. The summed E-state index contributed by atoms with van der Waals surface area (Å²) in [6.45, 7) is 1.57. The van der Waals surface area contributed by atoms with Crippen molar-refractivity contribution >= 4 is 41.0 Å². The zero-order chi connectivity index (χ0) is 27.0. The number of aliphatic hydroxyl groups excluding tert-OH is 1. The van der Waals surface area contributed by atoms with Crippen LogP contribution in [0.25, 0.3) is 0 Å². The number of nitrogens with one attached hydrogen (secondary N) is 1. The summed E-state index contributed by atoms with van der Waals surface area (Å²) in [6, 6.07) is 5.68. The number of benzene rings is 1. The van der Waals surface area contributed by atoms with Crippen LogP contribution in [0.2, 0.25) is 5.02 Å². The first-order valence-electron chi connectivity index (χ1n) is 12.7. The van der Waals surface area contributed by atoms with E-state index in [2.05, 4.69) is 5.32 Å². The molecule has 5 rings (SSSR count). The van der Waals surface area contributed by atoms with E-state index < -0.39 is 47.6 Å². The molecule has 2 saturated heterocycles. The molecule has 0 unspecified atom stereocenters. The molecule has 0 saturated carbocycles. The largest absolute Gasteiger partial charge is 0.460 e. The number of ether oxygens (including phenoxy) is 2. The molecular formula is C27H30ClN3O7. The smallest absolute Gasteiger partial charge is 0.313 e. The molecule has 202 valence electrons. The second-order valence-electron chi connectivity index (χ2n) is 9.94. The number of cyclic esters (lactones) is 1. The Labute approximate surface area is 225 Å².